The van der Waals surface area contributed by atoms with Crippen LogP contribution in [-0.2, 0) is 15.3 Å². The third-order valence-electron chi connectivity index (χ3n) is 6.82. The summed E-state index contributed by atoms with van der Waals surface area (Å²) in [7, 11) is 0. The van der Waals surface area contributed by atoms with E-state index in [9.17, 15) is 19.1 Å². The van der Waals surface area contributed by atoms with Crippen molar-refractivity contribution in [3.63, 3.8) is 0 Å². The average Bonchev–Trinajstić information content (AvgIpc) is 3.60. The Balaban J connectivity index is 1.43. The van der Waals surface area contributed by atoms with Crippen molar-refractivity contribution >= 4 is 46.0 Å². The highest BCUT2D eigenvalue weighted by Gasteiger charge is 2.45. The molecule has 1 aliphatic heterocycles. The van der Waals surface area contributed by atoms with E-state index in [1.165, 1.54) is 28.8 Å². The molecule has 0 saturated heterocycles. The number of aliphatic hydroxyl groups excluding tert-OH is 1. The molecule has 1 atom stereocenters. The summed E-state index contributed by atoms with van der Waals surface area (Å²) in [6, 6.07) is 22.0. The first-order valence-electron chi connectivity index (χ1n) is 13.9. The molecule has 5 rings (SSSR count). The van der Waals surface area contributed by atoms with E-state index in [4.69, 9.17) is 4.74 Å². The summed E-state index contributed by atoms with van der Waals surface area (Å²) in [5.74, 6) is -1.19. The SMILES string of the molecule is CCCCCOc1ccc(C2C(C(=O)/C=C/c3ccccc3)=C(O)C(=O)N2c2nnc(SCc3ccccc3F)s2)cc1. The van der Waals surface area contributed by atoms with Crippen molar-refractivity contribution in [3.8, 4) is 5.75 Å². The van der Waals surface area contributed by atoms with Crippen LogP contribution in [0.2, 0.25) is 0 Å². The highest BCUT2D eigenvalue weighted by atomic mass is 32.2. The van der Waals surface area contributed by atoms with Gasteiger partial charge in [-0.05, 0) is 47.4 Å². The number of carbonyl (C=O) groups is 2. The fourth-order valence-electron chi connectivity index (χ4n) is 4.60. The molecule has 7 nitrogen and oxygen atoms in total. The number of nitrogens with zero attached hydrogens (tertiary/aromatic N) is 3. The molecule has 2 heterocycles. The van der Waals surface area contributed by atoms with Crippen molar-refractivity contribution in [1.29, 1.82) is 0 Å². The van der Waals surface area contributed by atoms with Gasteiger partial charge in [0.15, 0.2) is 15.9 Å². The summed E-state index contributed by atoms with van der Waals surface area (Å²) in [5.41, 5.74) is 1.88. The van der Waals surface area contributed by atoms with Crippen LogP contribution < -0.4 is 9.64 Å². The predicted octanol–water partition coefficient (Wildman–Crippen LogP) is 7.72. The first-order chi connectivity index (χ1) is 21.0. The van der Waals surface area contributed by atoms with Gasteiger partial charge in [0.1, 0.15) is 11.6 Å². The number of aromatic nitrogens is 2. The van der Waals surface area contributed by atoms with E-state index in [-0.39, 0.29) is 16.5 Å². The van der Waals surface area contributed by atoms with E-state index < -0.39 is 23.5 Å². The summed E-state index contributed by atoms with van der Waals surface area (Å²) < 4.78 is 20.5. The summed E-state index contributed by atoms with van der Waals surface area (Å²) in [4.78, 5) is 28.3. The van der Waals surface area contributed by atoms with Crippen LogP contribution in [0.5, 0.6) is 5.75 Å². The molecule has 0 fully saturated rings. The van der Waals surface area contributed by atoms with E-state index in [1.807, 2.05) is 30.3 Å². The fourth-order valence-corrected chi connectivity index (χ4v) is 6.45. The van der Waals surface area contributed by atoms with Gasteiger partial charge in [0.05, 0.1) is 18.2 Å². The van der Waals surface area contributed by atoms with Crippen LogP contribution >= 0.6 is 23.1 Å². The standard InChI is InChI=1S/C33H30FN3O4S2/c1-2-3-9-20-41-25-17-15-23(16-18-25)29-28(27(38)19-14-22-10-5-4-6-11-22)30(39)31(40)37(29)32-35-36-33(43-32)42-21-24-12-7-8-13-26(24)34/h4-8,10-19,29,39H,2-3,9,20-21H2,1H3/b19-14+. The maximum Gasteiger partial charge on any atom is 0.296 e. The van der Waals surface area contributed by atoms with Gasteiger partial charge in [-0.15, -0.1) is 10.2 Å². The lowest BCUT2D eigenvalue weighted by Crippen LogP contribution is -2.30. The Morgan fingerprint density at radius 2 is 1.79 bits per heavy atom. The minimum Gasteiger partial charge on any atom is -0.503 e. The number of allylic oxidation sites excluding steroid dienone is 1. The number of aliphatic hydroxyl groups is 1. The molecule has 10 heteroatoms. The summed E-state index contributed by atoms with van der Waals surface area (Å²) in [5, 5.41) is 19.7. The number of amides is 1. The molecule has 3 aromatic carbocycles. The number of thioether (sulfide) groups is 1. The van der Waals surface area contributed by atoms with E-state index in [1.54, 1.807) is 48.5 Å². The zero-order valence-corrected chi connectivity index (χ0v) is 25.1. The van der Waals surface area contributed by atoms with Crippen LogP contribution in [0.4, 0.5) is 9.52 Å². The maximum atomic E-state index is 14.1. The van der Waals surface area contributed by atoms with Crippen molar-refractivity contribution in [2.75, 3.05) is 11.5 Å². The van der Waals surface area contributed by atoms with Crippen LogP contribution in [0.15, 0.2) is 101 Å². The highest BCUT2D eigenvalue weighted by Crippen LogP contribution is 2.43. The lowest BCUT2D eigenvalue weighted by Gasteiger charge is -2.24. The van der Waals surface area contributed by atoms with Gasteiger partial charge in [-0.1, -0.05) is 110 Å². The second-order valence-corrected chi connectivity index (χ2v) is 12.0. The van der Waals surface area contributed by atoms with Crippen LogP contribution in [0.1, 0.15) is 48.9 Å². The molecule has 1 aromatic heterocycles. The van der Waals surface area contributed by atoms with Gasteiger partial charge < -0.3 is 9.84 Å². The molecule has 0 spiro atoms. The van der Waals surface area contributed by atoms with E-state index in [0.29, 0.717) is 33.6 Å². The third-order valence-corrected chi connectivity index (χ3v) is 8.93. The second kappa shape index (κ2) is 14.3. The highest BCUT2D eigenvalue weighted by molar-refractivity contribution is 8.00. The molecule has 4 aromatic rings. The van der Waals surface area contributed by atoms with Crippen molar-refractivity contribution in [3.05, 3.63) is 119 Å². The average molecular weight is 616 g/mol. The van der Waals surface area contributed by atoms with E-state index >= 15 is 0 Å². The Labute approximate surface area is 257 Å². The topological polar surface area (TPSA) is 92.6 Å². The maximum absolute atomic E-state index is 14.1. The molecule has 1 unspecified atom stereocenters. The van der Waals surface area contributed by atoms with Gasteiger partial charge in [-0.3, -0.25) is 14.5 Å². The van der Waals surface area contributed by atoms with Gasteiger partial charge in [0, 0.05) is 5.75 Å². The van der Waals surface area contributed by atoms with Crippen LogP contribution in [0, 0.1) is 5.82 Å². The Kier molecular flexibility index (Phi) is 10.0. The number of hydrogen-bond acceptors (Lipinski definition) is 8. The molecular formula is C33H30FN3O4S2. The summed E-state index contributed by atoms with van der Waals surface area (Å²) in [6.45, 7) is 2.72. The molecule has 220 valence electrons. The molecule has 43 heavy (non-hydrogen) atoms. The number of ether oxygens (including phenoxy) is 1. The minimum absolute atomic E-state index is 0.0513. The van der Waals surface area contributed by atoms with E-state index in [2.05, 4.69) is 17.1 Å². The molecule has 0 bridgehead atoms. The van der Waals surface area contributed by atoms with Crippen molar-refractivity contribution in [2.45, 2.75) is 42.3 Å². The van der Waals surface area contributed by atoms with Gasteiger partial charge >= 0.3 is 0 Å². The number of anilines is 1. The summed E-state index contributed by atoms with van der Waals surface area (Å²) >= 11 is 2.42. The normalized spacial score (nSPS) is 15.1. The van der Waals surface area contributed by atoms with Crippen LogP contribution in [0.25, 0.3) is 6.08 Å². The zero-order valence-electron chi connectivity index (χ0n) is 23.5. The lowest BCUT2D eigenvalue weighted by atomic mass is 9.95. The number of ketones is 1. The molecular weight excluding hydrogens is 586 g/mol. The number of unbranched alkanes of at least 4 members (excludes halogenated alkanes) is 2. The summed E-state index contributed by atoms with van der Waals surface area (Å²) in [6.07, 6.45) is 6.11. The molecule has 0 aliphatic carbocycles. The Morgan fingerprint density at radius 1 is 1.05 bits per heavy atom. The third kappa shape index (κ3) is 7.21. The molecule has 0 saturated carbocycles. The minimum atomic E-state index is -0.938. The van der Waals surface area contributed by atoms with Gasteiger partial charge in [-0.2, -0.15) is 0 Å². The Bertz CT molecular complexity index is 1640. The number of rotatable bonds is 13. The molecule has 1 aliphatic rings. The smallest absolute Gasteiger partial charge is 0.296 e. The predicted molar refractivity (Wildman–Crippen MR) is 168 cm³/mol. The van der Waals surface area contributed by atoms with Crippen molar-refractivity contribution in [1.82, 2.24) is 10.2 Å². The first kappa shape index (κ1) is 30.2. The van der Waals surface area contributed by atoms with Crippen LogP contribution in [-0.4, -0.2) is 33.6 Å². The van der Waals surface area contributed by atoms with Gasteiger partial charge in [0.2, 0.25) is 5.13 Å². The zero-order chi connectivity index (χ0) is 30.2. The van der Waals surface area contributed by atoms with Gasteiger partial charge in [0.25, 0.3) is 5.91 Å². The molecule has 0 radical (unpaired) electrons. The second-order valence-electron chi connectivity index (χ2n) is 9.80. The van der Waals surface area contributed by atoms with Crippen molar-refractivity contribution < 1.29 is 23.8 Å². The first-order valence-corrected chi connectivity index (χ1v) is 15.7. The number of halogens is 1. The Hall–Kier alpha value is -4.28. The lowest BCUT2D eigenvalue weighted by molar-refractivity contribution is -0.117. The number of carbonyl (C=O) groups excluding carboxylic acids is 2. The largest absolute Gasteiger partial charge is 0.503 e. The quantitative estimate of drug-likeness (QED) is 0.0712. The van der Waals surface area contributed by atoms with Crippen LogP contribution in [0.3, 0.4) is 0 Å². The monoisotopic (exact) mass is 615 g/mol. The number of hydrogen-bond donors (Lipinski definition) is 1. The van der Waals surface area contributed by atoms with Gasteiger partial charge in [-0.25, -0.2) is 4.39 Å². The fraction of sp³-hybridized carbons (Fsp3) is 0.212. The molecule has 1 N–H and O–H groups in total. The molecule has 1 amide bonds. The number of benzene rings is 3. The van der Waals surface area contributed by atoms with Crippen molar-refractivity contribution in [2.24, 2.45) is 0 Å². The Morgan fingerprint density at radius 3 is 2.53 bits per heavy atom. The van der Waals surface area contributed by atoms with E-state index in [0.717, 1.165) is 36.2 Å².